The molecule has 6 nitrogen and oxygen atoms in total. The lowest BCUT2D eigenvalue weighted by atomic mass is 10.0. The molecule has 0 aliphatic heterocycles. The highest BCUT2D eigenvalue weighted by Crippen LogP contribution is 2.29. The molecule has 8 heteroatoms. The Hall–Kier alpha value is -1.81. The van der Waals surface area contributed by atoms with Crippen molar-refractivity contribution in [1.29, 1.82) is 0 Å². The SMILES string of the molecule is Nc1nc(F)nc2c1nc(Cc1cc3c(cc1I)CCC3)n2CCNCC1CC1. The van der Waals surface area contributed by atoms with Crippen molar-refractivity contribution in [1.82, 2.24) is 24.8 Å². The number of nitrogen functional groups attached to an aromatic ring is 1. The number of rotatable bonds is 7. The molecule has 1 saturated carbocycles. The quantitative estimate of drug-likeness (QED) is 0.292. The van der Waals surface area contributed by atoms with E-state index in [2.05, 4.69) is 50.0 Å². The normalized spacial score (nSPS) is 15.9. The van der Waals surface area contributed by atoms with Crippen LogP contribution in [0.15, 0.2) is 12.1 Å². The molecule has 3 aromatic rings. The second-order valence-corrected chi connectivity index (χ2v) is 9.28. The van der Waals surface area contributed by atoms with Crippen molar-refractivity contribution < 1.29 is 4.39 Å². The molecule has 152 valence electrons. The molecule has 5 rings (SSSR count). The molecule has 2 aromatic heterocycles. The van der Waals surface area contributed by atoms with Crippen LogP contribution >= 0.6 is 22.6 Å². The zero-order valence-corrected chi connectivity index (χ0v) is 18.4. The van der Waals surface area contributed by atoms with E-state index < -0.39 is 6.08 Å². The van der Waals surface area contributed by atoms with Gasteiger partial charge in [0, 0.05) is 23.1 Å². The van der Waals surface area contributed by atoms with Gasteiger partial charge in [-0.2, -0.15) is 14.4 Å². The third-order valence-corrected chi connectivity index (χ3v) is 6.93. The van der Waals surface area contributed by atoms with Gasteiger partial charge in [0.15, 0.2) is 17.0 Å². The van der Waals surface area contributed by atoms with Crippen LogP contribution < -0.4 is 11.1 Å². The predicted octanol–water partition coefficient (Wildman–Crippen LogP) is 3.23. The molecule has 2 aliphatic carbocycles. The summed E-state index contributed by atoms with van der Waals surface area (Å²) >= 11 is 2.41. The number of hydrogen-bond donors (Lipinski definition) is 2. The van der Waals surface area contributed by atoms with Crippen molar-refractivity contribution in [2.45, 2.75) is 45.1 Å². The summed E-state index contributed by atoms with van der Waals surface area (Å²) in [6, 6.07) is 4.62. The van der Waals surface area contributed by atoms with Crippen LogP contribution in [0.1, 0.15) is 41.8 Å². The third kappa shape index (κ3) is 3.96. The lowest BCUT2D eigenvalue weighted by molar-refractivity contribution is 0.537. The highest BCUT2D eigenvalue weighted by molar-refractivity contribution is 14.1. The van der Waals surface area contributed by atoms with E-state index >= 15 is 0 Å². The Morgan fingerprint density at radius 3 is 2.76 bits per heavy atom. The Balaban J connectivity index is 1.48. The molecule has 0 amide bonds. The van der Waals surface area contributed by atoms with Gasteiger partial charge in [0.1, 0.15) is 5.82 Å². The summed E-state index contributed by atoms with van der Waals surface area (Å²) in [5.41, 5.74) is 11.1. The first-order chi connectivity index (χ1) is 14.1. The zero-order chi connectivity index (χ0) is 20.0. The predicted molar refractivity (Wildman–Crippen MR) is 119 cm³/mol. The monoisotopic (exact) mass is 506 g/mol. The zero-order valence-electron chi connectivity index (χ0n) is 16.2. The maximum Gasteiger partial charge on any atom is 0.312 e. The van der Waals surface area contributed by atoms with Crippen molar-refractivity contribution in [3.8, 4) is 0 Å². The molecule has 1 fully saturated rings. The Bertz CT molecular complexity index is 1070. The lowest BCUT2D eigenvalue weighted by Gasteiger charge is -2.12. The highest BCUT2D eigenvalue weighted by atomic mass is 127. The van der Waals surface area contributed by atoms with Crippen LogP contribution in [0.2, 0.25) is 0 Å². The van der Waals surface area contributed by atoms with Crippen LogP contribution in [0, 0.1) is 15.6 Å². The molecule has 0 radical (unpaired) electrons. The van der Waals surface area contributed by atoms with Crippen molar-refractivity contribution >= 4 is 39.6 Å². The van der Waals surface area contributed by atoms with Crippen LogP contribution in [-0.2, 0) is 25.8 Å². The van der Waals surface area contributed by atoms with E-state index in [9.17, 15) is 4.39 Å². The number of fused-ring (bicyclic) bond motifs is 2. The number of hydrogen-bond acceptors (Lipinski definition) is 5. The van der Waals surface area contributed by atoms with Crippen LogP contribution in [0.25, 0.3) is 11.2 Å². The smallest absolute Gasteiger partial charge is 0.312 e. The van der Waals surface area contributed by atoms with Crippen molar-refractivity contribution in [2.24, 2.45) is 5.92 Å². The number of aromatic nitrogens is 4. The number of halogens is 2. The first kappa shape index (κ1) is 19.2. The number of nitrogens with zero attached hydrogens (tertiary/aromatic N) is 4. The number of nitrogens with two attached hydrogens (primary N) is 1. The van der Waals surface area contributed by atoms with E-state index in [-0.39, 0.29) is 5.82 Å². The number of aryl methyl sites for hydroxylation is 2. The van der Waals surface area contributed by atoms with Gasteiger partial charge in [-0.3, -0.25) is 0 Å². The number of anilines is 1. The van der Waals surface area contributed by atoms with E-state index in [0.717, 1.165) is 31.3 Å². The fourth-order valence-electron chi connectivity index (χ4n) is 4.18. The minimum Gasteiger partial charge on any atom is -0.382 e. The van der Waals surface area contributed by atoms with Crippen molar-refractivity contribution in [2.75, 3.05) is 18.8 Å². The van der Waals surface area contributed by atoms with Gasteiger partial charge in [-0.15, -0.1) is 0 Å². The standard InChI is InChI=1S/C21H24FIN6/c22-21-27-19(24)18-20(28-21)29(7-6-25-11-12-4-5-12)17(26-18)10-15-8-13-2-1-3-14(13)9-16(15)23/h8-9,12,25H,1-7,10-11H2,(H2,24,27,28). The van der Waals surface area contributed by atoms with Crippen molar-refractivity contribution in [3.05, 3.63) is 44.3 Å². The largest absolute Gasteiger partial charge is 0.382 e. The summed E-state index contributed by atoms with van der Waals surface area (Å²) < 4.78 is 17.1. The number of benzene rings is 1. The Morgan fingerprint density at radius 1 is 1.17 bits per heavy atom. The molecule has 3 N–H and O–H groups in total. The van der Waals surface area contributed by atoms with Gasteiger partial charge in [0.25, 0.3) is 0 Å². The number of imidazole rings is 1. The summed E-state index contributed by atoms with van der Waals surface area (Å²) in [6.45, 7) is 2.51. The Morgan fingerprint density at radius 2 is 1.97 bits per heavy atom. The maximum atomic E-state index is 13.9. The Kier molecular flexibility index (Phi) is 5.15. The van der Waals surface area contributed by atoms with Gasteiger partial charge in [-0.25, -0.2) is 4.98 Å². The number of nitrogens with one attached hydrogen (secondary N) is 1. The van der Waals surface area contributed by atoms with Crippen LogP contribution in [0.4, 0.5) is 10.2 Å². The van der Waals surface area contributed by atoms with Crippen LogP contribution in [-0.4, -0.2) is 32.6 Å². The van der Waals surface area contributed by atoms with E-state index in [1.54, 1.807) is 0 Å². The fourth-order valence-corrected chi connectivity index (χ4v) is 4.90. The minimum atomic E-state index is -0.805. The summed E-state index contributed by atoms with van der Waals surface area (Å²) in [6.07, 6.45) is 6.04. The van der Waals surface area contributed by atoms with Gasteiger partial charge < -0.3 is 15.6 Å². The van der Waals surface area contributed by atoms with Gasteiger partial charge >= 0.3 is 6.08 Å². The molecular formula is C21H24FIN6. The van der Waals surface area contributed by atoms with Gasteiger partial charge in [0.2, 0.25) is 0 Å². The minimum absolute atomic E-state index is 0.0992. The molecule has 0 unspecified atom stereocenters. The average molecular weight is 506 g/mol. The molecular weight excluding hydrogens is 482 g/mol. The van der Waals surface area contributed by atoms with Crippen LogP contribution in [0.5, 0.6) is 0 Å². The van der Waals surface area contributed by atoms with E-state index in [4.69, 9.17) is 10.7 Å². The van der Waals surface area contributed by atoms with E-state index in [1.165, 1.54) is 45.9 Å². The Labute approximate surface area is 182 Å². The average Bonchev–Trinajstić information content (AvgIpc) is 3.29. The van der Waals surface area contributed by atoms with E-state index in [1.807, 2.05) is 4.57 Å². The molecule has 0 atom stereocenters. The van der Waals surface area contributed by atoms with Gasteiger partial charge in [0.05, 0.1) is 0 Å². The topological polar surface area (TPSA) is 81.7 Å². The molecule has 29 heavy (non-hydrogen) atoms. The summed E-state index contributed by atoms with van der Waals surface area (Å²) in [5, 5.41) is 3.50. The van der Waals surface area contributed by atoms with Crippen LogP contribution in [0.3, 0.4) is 0 Å². The van der Waals surface area contributed by atoms with Crippen molar-refractivity contribution in [3.63, 3.8) is 0 Å². The first-order valence-corrected chi connectivity index (χ1v) is 11.4. The van der Waals surface area contributed by atoms with Gasteiger partial charge in [-0.1, -0.05) is 6.07 Å². The second kappa shape index (κ2) is 7.79. The lowest BCUT2D eigenvalue weighted by Crippen LogP contribution is -2.23. The molecule has 1 aromatic carbocycles. The third-order valence-electron chi connectivity index (χ3n) is 5.92. The highest BCUT2D eigenvalue weighted by Gasteiger charge is 2.21. The summed E-state index contributed by atoms with van der Waals surface area (Å²) in [7, 11) is 0. The summed E-state index contributed by atoms with van der Waals surface area (Å²) in [4.78, 5) is 12.4. The molecule has 0 spiro atoms. The van der Waals surface area contributed by atoms with Gasteiger partial charge in [-0.05, 0) is 89.9 Å². The van der Waals surface area contributed by atoms with E-state index in [0.29, 0.717) is 24.1 Å². The summed E-state index contributed by atoms with van der Waals surface area (Å²) in [5.74, 6) is 1.77. The maximum absolute atomic E-state index is 13.9. The molecule has 0 bridgehead atoms. The second-order valence-electron chi connectivity index (χ2n) is 8.12. The first-order valence-electron chi connectivity index (χ1n) is 10.3. The molecule has 0 saturated heterocycles. The molecule has 2 aliphatic rings. The molecule has 2 heterocycles. The fraction of sp³-hybridized carbons (Fsp3) is 0.476.